The molecule has 2 amide bonds. The van der Waals surface area contributed by atoms with Crippen LogP contribution >= 0.6 is 10.6 Å². The van der Waals surface area contributed by atoms with Crippen LogP contribution in [0.3, 0.4) is 0 Å². The number of piperazine rings is 1. The van der Waals surface area contributed by atoms with Crippen LogP contribution in [0.2, 0.25) is 0 Å². The number of nitrogens with zero attached hydrogens (tertiary/aromatic N) is 5. The van der Waals surface area contributed by atoms with E-state index in [0.29, 0.717) is 17.3 Å². The fourth-order valence-corrected chi connectivity index (χ4v) is 6.37. The van der Waals surface area contributed by atoms with Crippen molar-refractivity contribution in [3.63, 3.8) is 0 Å². The Balaban J connectivity index is 1.35. The highest BCUT2D eigenvalue weighted by atomic mass is 32.3. The lowest BCUT2D eigenvalue weighted by Crippen LogP contribution is -2.53. The average Bonchev–Trinajstić information content (AvgIpc) is 3.15. The minimum absolute atomic E-state index is 0.00249. The van der Waals surface area contributed by atoms with Gasteiger partial charge in [0.25, 0.3) is 11.8 Å². The van der Waals surface area contributed by atoms with E-state index in [0.717, 1.165) is 37.1 Å². The number of nitriles is 1. The number of hydrogen-bond donors (Lipinski definition) is 2. The fraction of sp³-hybridized carbons (Fsp3) is 0.542. The number of benzene rings is 1. The third-order valence-corrected chi connectivity index (χ3v) is 9.13. The van der Waals surface area contributed by atoms with E-state index in [1.54, 1.807) is 21.6 Å². The Morgan fingerprint density at radius 2 is 1.65 bits per heavy atom. The predicted molar refractivity (Wildman–Crippen MR) is 131 cm³/mol. The van der Waals surface area contributed by atoms with Crippen LogP contribution in [0, 0.1) is 11.3 Å². The molecule has 2 saturated heterocycles. The molecule has 34 heavy (non-hydrogen) atoms. The molecule has 1 saturated carbocycles. The molecule has 0 atom stereocenters. The Hall–Kier alpha value is -2.58. The maximum atomic E-state index is 13.2. The molecule has 3 aliphatic rings. The van der Waals surface area contributed by atoms with E-state index in [9.17, 15) is 24.0 Å². The van der Waals surface area contributed by atoms with E-state index in [2.05, 4.69) is 11.0 Å². The summed E-state index contributed by atoms with van der Waals surface area (Å²) in [5.41, 5.74) is 1.70. The van der Waals surface area contributed by atoms with Crippen molar-refractivity contribution < 1.29 is 18.7 Å². The highest BCUT2D eigenvalue weighted by molar-refractivity contribution is 8.24. The van der Waals surface area contributed by atoms with Gasteiger partial charge in [-0.1, -0.05) is 6.42 Å². The summed E-state index contributed by atoms with van der Waals surface area (Å²) >= 11 is 0. The molecule has 0 spiro atoms. The van der Waals surface area contributed by atoms with Gasteiger partial charge in [-0.15, -0.1) is 0 Å². The summed E-state index contributed by atoms with van der Waals surface area (Å²) in [7, 11) is -2.61. The quantitative estimate of drug-likeness (QED) is 0.689. The molecule has 9 nitrogen and oxygen atoms in total. The molecule has 0 unspecified atom stereocenters. The van der Waals surface area contributed by atoms with Gasteiger partial charge in [-0.2, -0.15) is 15.9 Å². The van der Waals surface area contributed by atoms with E-state index in [-0.39, 0.29) is 43.0 Å². The molecule has 2 aromatic rings. The van der Waals surface area contributed by atoms with Crippen LogP contribution in [0.1, 0.15) is 40.1 Å². The van der Waals surface area contributed by atoms with Crippen LogP contribution in [0.5, 0.6) is 0 Å². The predicted octanol–water partition coefficient (Wildman–Crippen LogP) is 2.68. The van der Waals surface area contributed by atoms with E-state index in [1.807, 2.05) is 17.0 Å². The van der Waals surface area contributed by atoms with Crippen molar-refractivity contribution in [2.45, 2.75) is 31.8 Å². The number of carbonyl (C=O) groups is 2. The lowest BCUT2D eigenvalue weighted by Gasteiger charge is -2.42. The monoisotopic (exact) mass is 485 g/mol. The van der Waals surface area contributed by atoms with E-state index in [4.69, 9.17) is 0 Å². The van der Waals surface area contributed by atoms with E-state index < -0.39 is 10.6 Å². The highest BCUT2D eigenvalue weighted by Gasteiger charge is 2.31. The topological polar surface area (TPSA) is 113 Å². The normalized spacial score (nSPS) is 22.3. The molecule has 2 aliphatic heterocycles. The second-order valence-electron chi connectivity index (χ2n) is 9.46. The van der Waals surface area contributed by atoms with Crippen LogP contribution in [0.25, 0.3) is 10.9 Å². The van der Waals surface area contributed by atoms with Gasteiger partial charge in [0.2, 0.25) is 0 Å². The van der Waals surface area contributed by atoms with Gasteiger partial charge >= 0.3 is 0 Å². The van der Waals surface area contributed by atoms with Gasteiger partial charge in [-0.05, 0) is 37.1 Å². The molecule has 0 radical (unpaired) electrons. The molecule has 5 rings (SSSR count). The first-order valence-corrected chi connectivity index (χ1v) is 13.8. The summed E-state index contributed by atoms with van der Waals surface area (Å²) in [5, 5.41) is 10.1. The van der Waals surface area contributed by atoms with E-state index >= 15 is 0 Å². The van der Waals surface area contributed by atoms with Gasteiger partial charge < -0.3 is 14.4 Å². The SMILES string of the molecule is N#CCn1c(C(=O)N2CCS(O)(O)CC2)cc2cc(C(=O)N3CCN(C4CCC4)CC3)ccc21. The Labute approximate surface area is 200 Å². The third-order valence-electron chi connectivity index (χ3n) is 7.45. The highest BCUT2D eigenvalue weighted by Crippen LogP contribution is 2.40. The molecular formula is C24H31N5O4S. The van der Waals surface area contributed by atoms with Crippen molar-refractivity contribution in [3.05, 3.63) is 35.5 Å². The second-order valence-corrected chi connectivity index (χ2v) is 11.9. The number of rotatable bonds is 4. The smallest absolute Gasteiger partial charge is 0.270 e. The third kappa shape index (κ3) is 4.41. The first-order valence-electron chi connectivity index (χ1n) is 11.9. The van der Waals surface area contributed by atoms with Crippen LogP contribution in [0.4, 0.5) is 0 Å². The van der Waals surface area contributed by atoms with Gasteiger partial charge in [0, 0.05) is 61.8 Å². The van der Waals surface area contributed by atoms with Crippen molar-refractivity contribution in [2.24, 2.45) is 0 Å². The summed E-state index contributed by atoms with van der Waals surface area (Å²) in [6, 6.07) is 9.96. The number of fused-ring (bicyclic) bond motifs is 1. The average molecular weight is 486 g/mol. The summed E-state index contributed by atoms with van der Waals surface area (Å²) in [4.78, 5) is 32.4. The van der Waals surface area contributed by atoms with Crippen molar-refractivity contribution >= 4 is 33.3 Å². The summed E-state index contributed by atoms with van der Waals surface area (Å²) in [6.07, 6.45) is 3.85. The lowest BCUT2D eigenvalue weighted by atomic mass is 9.91. The van der Waals surface area contributed by atoms with Crippen LogP contribution < -0.4 is 0 Å². The zero-order chi connectivity index (χ0) is 23.9. The van der Waals surface area contributed by atoms with E-state index in [1.165, 1.54) is 19.3 Å². The van der Waals surface area contributed by atoms with Gasteiger partial charge in [-0.3, -0.25) is 23.6 Å². The van der Waals surface area contributed by atoms with Crippen molar-refractivity contribution in [3.8, 4) is 6.07 Å². The zero-order valence-electron chi connectivity index (χ0n) is 19.2. The van der Waals surface area contributed by atoms with Crippen LogP contribution in [-0.2, 0) is 6.54 Å². The summed E-state index contributed by atoms with van der Waals surface area (Å²) in [5.74, 6) is 0.104. The van der Waals surface area contributed by atoms with Crippen LogP contribution in [0.15, 0.2) is 24.3 Å². The maximum Gasteiger partial charge on any atom is 0.270 e. The first kappa shape index (κ1) is 23.2. The number of hydrogen-bond acceptors (Lipinski definition) is 6. The largest absolute Gasteiger partial charge is 0.336 e. The molecule has 1 aliphatic carbocycles. The minimum Gasteiger partial charge on any atom is -0.336 e. The van der Waals surface area contributed by atoms with Gasteiger partial charge in [0.05, 0.1) is 17.6 Å². The van der Waals surface area contributed by atoms with Gasteiger partial charge in [-0.25, -0.2) is 0 Å². The molecule has 10 heteroatoms. The molecule has 182 valence electrons. The lowest BCUT2D eigenvalue weighted by molar-refractivity contribution is 0.0455. The molecule has 2 N–H and O–H groups in total. The Morgan fingerprint density at radius 1 is 0.971 bits per heavy atom. The molecular weight excluding hydrogens is 454 g/mol. The maximum absolute atomic E-state index is 13.2. The first-order chi connectivity index (χ1) is 16.4. The zero-order valence-corrected chi connectivity index (χ0v) is 20.0. The molecule has 3 heterocycles. The van der Waals surface area contributed by atoms with Crippen molar-refractivity contribution in [1.82, 2.24) is 19.3 Å². The Bertz CT molecular complexity index is 1130. The van der Waals surface area contributed by atoms with Crippen molar-refractivity contribution in [2.75, 3.05) is 50.8 Å². The second kappa shape index (κ2) is 9.23. The fourth-order valence-electron chi connectivity index (χ4n) is 5.14. The standard InChI is InChI=1S/C24H31N5O4S/c25-6-7-29-21-5-4-18(23(30)27-10-8-26(9-11-27)20-2-1-3-20)16-19(21)17-22(29)24(31)28-12-14-34(32,33)15-13-28/h4-5,16-17,20,32-33H,1-3,7-15H2. The molecule has 1 aromatic heterocycles. The Kier molecular flexibility index (Phi) is 6.29. The summed E-state index contributed by atoms with van der Waals surface area (Å²) < 4.78 is 21.4. The van der Waals surface area contributed by atoms with Crippen LogP contribution in [-0.4, -0.2) is 97.0 Å². The summed E-state index contributed by atoms with van der Waals surface area (Å²) in [6.45, 7) is 3.83. The molecule has 0 bridgehead atoms. The number of amides is 2. The Morgan fingerprint density at radius 3 is 2.26 bits per heavy atom. The van der Waals surface area contributed by atoms with Crippen molar-refractivity contribution in [1.29, 1.82) is 5.26 Å². The number of carbonyl (C=O) groups excluding carboxylic acids is 2. The van der Waals surface area contributed by atoms with Gasteiger partial charge in [0.15, 0.2) is 0 Å². The molecule has 1 aromatic carbocycles. The molecule has 3 fully saturated rings. The minimum atomic E-state index is -2.61. The van der Waals surface area contributed by atoms with Gasteiger partial charge in [0.1, 0.15) is 12.2 Å². The number of aromatic nitrogens is 1.